The maximum Gasteiger partial charge on any atom is 0.326 e. The topological polar surface area (TPSA) is 99.7 Å². The van der Waals surface area contributed by atoms with Crippen molar-refractivity contribution < 1.29 is 14.3 Å². The molecule has 9 nitrogen and oxygen atoms in total. The van der Waals surface area contributed by atoms with Crippen LogP contribution in [0.25, 0.3) is 11.0 Å². The van der Waals surface area contributed by atoms with Crippen LogP contribution in [0.3, 0.4) is 0 Å². The van der Waals surface area contributed by atoms with Crippen molar-refractivity contribution in [3.63, 3.8) is 0 Å². The maximum atomic E-state index is 13.4. The van der Waals surface area contributed by atoms with Crippen molar-refractivity contribution in [2.45, 2.75) is 43.9 Å². The number of carbonyl (C=O) groups excluding carboxylic acids is 2. The highest BCUT2D eigenvalue weighted by Gasteiger charge is 2.37. The molecule has 9 heteroatoms. The molecule has 3 fully saturated rings. The van der Waals surface area contributed by atoms with Gasteiger partial charge in [0.1, 0.15) is 12.1 Å². The smallest absolute Gasteiger partial charge is 0.326 e. The Bertz CT molecular complexity index is 1320. The Labute approximate surface area is 215 Å². The van der Waals surface area contributed by atoms with Crippen molar-refractivity contribution in [3.8, 4) is 0 Å². The number of imidazole rings is 1. The van der Waals surface area contributed by atoms with E-state index in [0.717, 1.165) is 29.4 Å². The highest BCUT2D eigenvalue weighted by molar-refractivity contribution is 5.87. The third-order valence-corrected chi connectivity index (χ3v) is 7.85. The van der Waals surface area contributed by atoms with Gasteiger partial charge in [-0.05, 0) is 49.3 Å². The van der Waals surface area contributed by atoms with Gasteiger partial charge in [-0.1, -0.05) is 42.5 Å². The zero-order valence-electron chi connectivity index (χ0n) is 20.8. The Kier molecular flexibility index (Phi) is 6.46. The summed E-state index contributed by atoms with van der Waals surface area (Å²) in [7, 11) is 0. The summed E-state index contributed by atoms with van der Waals surface area (Å²) in [5.74, 6) is 0.473. The van der Waals surface area contributed by atoms with Gasteiger partial charge < -0.3 is 24.8 Å². The van der Waals surface area contributed by atoms with E-state index in [1.807, 2.05) is 64.1 Å². The van der Waals surface area contributed by atoms with E-state index in [2.05, 4.69) is 10.3 Å². The zero-order valence-corrected chi connectivity index (χ0v) is 20.8. The van der Waals surface area contributed by atoms with Crippen LogP contribution in [0.1, 0.15) is 43.4 Å². The van der Waals surface area contributed by atoms with E-state index in [1.165, 1.54) is 0 Å². The normalized spacial score (nSPS) is 23.3. The van der Waals surface area contributed by atoms with Crippen molar-refractivity contribution >= 4 is 23.0 Å². The van der Waals surface area contributed by atoms with E-state index in [0.29, 0.717) is 44.9 Å². The van der Waals surface area contributed by atoms with Crippen LogP contribution in [0.2, 0.25) is 0 Å². The number of aromatic nitrogens is 2. The average Bonchev–Trinajstić information content (AvgIpc) is 3.70. The number of nitrogens with one attached hydrogen (secondary N) is 2. The van der Waals surface area contributed by atoms with E-state index in [9.17, 15) is 14.4 Å². The van der Waals surface area contributed by atoms with Crippen LogP contribution >= 0.6 is 0 Å². The highest BCUT2D eigenvalue weighted by atomic mass is 16.5. The first kappa shape index (κ1) is 23.8. The third-order valence-electron chi connectivity index (χ3n) is 7.85. The number of benzene rings is 2. The summed E-state index contributed by atoms with van der Waals surface area (Å²) in [4.78, 5) is 45.8. The first-order valence-electron chi connectivity index (χ1n) is 13.3. The van der Waals surface area contributed by atoms with Gasteiger partial charge >= 0.3 is 11.7 Å². The van der Waals surface area contributed by atoms with Crippen LogP contribution in [0, 0.1) is 5.92 Å². The zero-order chi connectivity index (χ0) is 25.4. The number of nitrogens with zero attached hydrogens (tertiary/aromatic N) is 3. The van der Waals surface area contributed by atoms with Crippen molar-refractivity contribution in [3.05, 3.63) is 70.6 Å². The summed E-state index contributed by atoms with van der Waals surface area (Å²) in [6, 6.07) is 16.7. The van der Waals surface area contributed by atoms with Gasteiger partial charge in [0, 0.05) is 25.7 Å². The molecule has 1 aromatic heterocycles. The molecule has 0 bridgehead atoms. The summed E-state index contributed by atoms with van der Waals surface area (Å²) in [5, 5.41) is 2.96. The molecule has 3 amide bonds. The van der Waals surface area contributed by atoms with Crippen LogP contribution in [0.5, 0.6) is 0 Å². The predicted molar refractivity (Wildman–Crippen MR) is 139 cm³/mol. The first-order chi connectivity index (χ1) is 18.1. The molecule has 2 aliphatic heterocycles. The van der Waals surface area contributed by atoms with E-state index >= 15 is 0 Å². The van der Waals surface area contributed by atoms with Gasteiger partial charge in [-0.25, -0.2) is 9.59 Å². The number of likely N-dealkylation sites (tertiary alicyclic amines) is 1. The van der Waals surface area contributed by atoms with Crippen LogP contribution in [-0.4, -0.2) is 70.1 Å². The number of H-pyrrole nitrogens is 1. The fraction of sp³-hybridized carbons (Fsp3) is 0.464. The average molecular weight is 504 g/mol. The van der Waals surface area contributed by atoms with Gasteiger partial charge in [0.05, 0.1) is 24.2 Å². The van der Waals surface area contributed by atoms with Gasteiger partial charge in [-0.15, -0.1) is 0 Å². The molecule has 0 radical (unpaired) electrons. The van der Waals surface area contributed by atoms with E-state index in [4.69, 9.17) is 4.74 Å². The summed E-state index contributed by atoms with van der Waals surface area (Å²) in [6.07, 6.45) is 3.43. The lowest BCUT2D eigenvalue weighted by atomic mass is 10.0. The molecule has 1 aliphatic carbocycles. The second-order valence-corrected chi connectivity index (χ2v) is 10.5. The number of rotatable bonds is 5. The second kappa shape index (κ2) is 10.0. The molecular weight excluding hydrogens is 470 g/mol. The van der Waals surface area contributed by atoms with Crippen LogP contribution in [0.15, 0.2) is 59.4 Å². The molecule has 1 saturated carbocycles. The number of para-hydroxylation sites is 2. The molecule has 3 heterocycles. The van der Waals surface area contributed by atoms with Gasteiger partial charge in [0.2, 0.25) is 5.91 Å². The Morgan fingerprint density at radius 1 is 0.973 bits per heavy atom. The van der Waals surface area contributed by atoms with Crippen molar-refractivity contribution in [1.82, 2.24) is 24.7 Å². The number of piperidine rings is 1. The Morgan fingerprint density at radius 3 is 2.46 bits per heavy atom. The van der Waals surface area contributed by atoms with Crippen molar-refractivity contribution in [1.29, 1.82) is 0 Å². The van der Waals surface area contributed by atoms with Gasteiger partial charge in [0.15, 0.2) is 0 Å². The van der Waals surface area contributed by atoms with Gasteiger partial charge in [0.25, 0.3) is 0 Å². The SMILES string of the molecule is O=C(NC1COC(c2ccccc2)CN(CC2CC2)C1=O)N1CCC(n2c(=O)[nH]c3ccccc32)CC1. The molecule has 2 unspecified atom stereocenters. The van der Waals surface area contributed by atoms with E-state index in [1.54, 1.807) is 4.90 Å². The lowest BCUT2D eigenvalue weighted by Crippen LogP contribution is -2.54. The molecule has 6 rings (SSSR count). The first-order valence-corrected chi connectivity index (χ1v) is 13.3. The number of aromatic amines is 1. The van der Waals surface area contributed by atoms with Crippen molar-refractivity contribution in [2.24, 2.45) is 5.92 Å². The fourth-order valence-electron chi connectivity index (χ4n) is 5.60. The number of carbonyl (C=O) groups is 2. The summed E-state index contributed by atoms with van der Waals surface area (Å²) >= 11 is 0. The molecule has 2 N–H and O–H groups in total. The second-order valence-electron chi connectivity index (χ2n) is 10.5. The number of hydrogen-bond acceptors (Lipinski definition) is 4. The summed E-state index contributed by atoms with van der Waals surface area (Å²) < 4.78 is 7.99. The van der Waals surface area contributed by atoms with Crippen LogP contribution in [0.4, 0.5) is 4.79 Å². The minimum Gasteiger partial charge on any atom is -0.369 e. The van der Waals surface area contributed by atoms with E-state index < -0.39 is 6.04 Å². The summed E-state index contributed by atoms with van der Waals surface area (Å²) in [5.41, 5.74) is 2.64. The predicted octanol–water partition coefficient (Wildman–Crippen LogP) is 3.05. The molecule has 2 saturated heterocycles. The van der Waals surface area contributed by atoms with Crippen LogP contribution < -0.4 is 11.0 Å². The highest BCUT2D eigenvalue weighted by Crippen LogP contribution is 2.32. The number of ether oxygens (including phenoxy) is 1. The Morgan fingerprint density at radius 2 is 1.70 bits per heavy atom. The van der Waals surface area contributed by atoms with Gasteiger partial charge in [-0.2, -0.15) is 0 Å². The molecule has 37 heavy (non-hydrogen) atoms. The molecule has 2 aromatic carbocycles. The van der Waals surface area contributed by atoms with E-state index in [-0.39, 0.29) is 36.4 Å². The molecule has 0 spiro atoms. The standard InChI is InChI=1S/C28H33N5O4/c34-26-23(18-37-25(20-6-2-1-3-7-20)17-32(26)16-19-10-11-19)30-27(35)31-14-12-21(13-15-31)33-24-9-5-4-8-22(24)29-28(33)36/h1-9,19,21,23,25H,10-18H2,(H,29,36)(H,30,35). The van der Waals surface area contributed by atoms with Gasteiger partial charge in [-0.3, -0.25) is 9.36 Å². The molecule has 2 atom stereocenters. The fourth-order valence-corrected chi connectivity index (χ4v) is 5.60. The van der Waals surface area contributed by atoms with Crippen molar-refractivity contribution in [2.75, 3.05) is 32.8 Å². The third kappa shape index (κ3) is 5.00. The largest absolute Gasteiger partial charge is 0.369 e. The lowest BCUT2D eigenvalue weighted by molar-refractivity contribution is -0.132. The summed E-state index contributed by atoms with van der Waals surface area (Å²) in [6.45, 7) is 2.39. The molecule has 3 aromatic rings. The number of amides is 3. The quantitative estimate of drug-likeness (QED) is 0.559. The minimum atomic E-state index is -0.714. The Balaban J connectivity index is 1.11. The Hall–Kier alpha value is -3.59. The maximum absolute atomic E-state index is 13.4. The molecule has 3 aliphatic rings. The minimum absolute atomic E-state index is 0.0243. The molecule has 194 valence electrons. The monoisotopic (exact) mass is 503 g/mol. The number of fused-ring (bicyclic) bond motifs is 1. The van der Waals surface area contributed by atoms with Crippen LogP contribution in [-0.2, 0) is 9.53 Å². The number of urea groups is 1. The number of hydrogen-bond donors (Lipinski definition) is 2. The molecular formula is C28H33N5O4. The lowest BCUT2D eigenvalue weighted by Gasteiger charge is -2.33.